The number of aliphatic hydroxyl groups excluding tert-OH is 1. The molecule has 1 aliphatic rings. The van der Waals surface area contributed by atoms with E-state index in [1.165, 1.54) is 5.56 Å². The van der Waals surface area contributed by atoms with Gasteiger partial charge >= 0.3 is 6.03 Å². The molecule has 0 aliphatic carbocycles. The number of anilines is 2. The van der Waals surface area contributed by atoms with Crippen molar-refractivity contribution in [1.82, 2.24) is 9.80 Å². The zero-order valence-electron chi connectivity index (χ0n) is 22.1. The number of carbonyl (C=O) groups is 2. The molecule has 3 amide bonds. The van der Waals surface area contributed by atoms with Gasteiger partial charge in [0.15, 0.2) is 5.75 Å². The summed E-state index contributed by atoms with van der Waals surface area (Å²) in [6.45, 7) is 5.53. The Morgan fingerprint density at radius 2 is 1.74 bits per heavy atom. The molecule has 0 aromatic heterocycles. The Labute approximate surface area is 224 Å². The predicted molar refractivity (Wildman–Crippen MR) is 149 cm³/mol. The molecule has 0 unspecified atom stereocenters. The van der Waals surface area contributed by atoms with Crippen molar-refractivity contribution < 1.29 is 19.4 Å². The van der Waals surface area contributed by atoms with Crippen LogP contribution in [0.1, 0.15) is 29.8 Å². The zero-order valence-corrected chi connectivity index (χ0v) is 22.1. The number of hydrogen-bond acceptors (Lipinski definition) is 5. The zero-order chi connectivity index (χ0) is 27.1. The second-order valence-corrected chi connectivity index (χ2v) is 9.93. The predicted octanol–water partition coefficient (Wildman–Crippen LogP) is 4.68. The number of carbonyl (C=O) groups excluding carboxylic acids is 2. The van der Waals surface area contributed by atoms with E-state index < -0.39 is 6.03 Å². The van der Waals surface area contributed by atoms with Gasteiger partial charge in [-0.05, 0) is 43.8 Å². The van der Waals surface area contributed by atoms with Gasteiger partial charge in [-0.15, -0.1) is 0 Å². The Hall–Kier alpha value is -3.88. The third-order valence-electron chi connectivity index (χ3n) is 6.76. The van der Waals surface area contributed by atoms with Crippen LogP contribution in [0.15, 0.2) is 78.9 Å². The molecule has 8 nitrogen and oxygen atoms in total. The van der Waals surface area contributed by atoms with Gasteiger partial charge in [0.2, 0.25) is 0 Å². The van der Waals surface area contributed by atoms with Crippen LogP contribution in [0, 0.1) is 5.92 Å². The van der Waals surface area contributed by atoms with Gasteiger partial charge in [-0.3, -0.25) is 9.69 Å². The van der Waals surface area contributed by atoms with Crippen LogP contribution in [0.4, 0.5) is 16.2 Å². The van der Waals surface area contributed by atoms with Crippen molar-refractivity contribution >= 4 is 23.3 Å². The molecule has 3 N–H and O–H groups in total. The summed E-state index contributed by atoms with van der Waals surface area (Å²) in [6, 6.07) is 23.7. The molecule has 0 radical (unpaired) electrons. The summed E-state index contributed by atoms with van der Waals surface area (Å²) < 4.78 is 6.58. The number of amides is 3. The standard InChI is InChI=1S/C30H36N4O4/c1-21-17-34(22(2)20-35)29(36)25-15-10-16-26(32-30(37)31-24-13-8-5-9-14-24)28(25)38-27(21)19-33(3)18-23-11-6-4-7-12-23/h4-16,21-22,27,35H,17-20H2,1-3H3,(H2,31,32,37)/t21-,22-,27-/m0/s1. The largest absolute Gasteiger partial charge is 0.486 e. The highest BCUT2D eigenvalue weighted by molar-refractivity contribution is 6.04. The minimum atomic E-state index is -0.436. The van der Waals surface area contributed by atoms with E-state index in [2.05, 4.69) is 34.6 Å². The smallest absolute Gasteiger partial charge is 0.323 e. The lowest BCUT2D eigenvalue weighted by atomic mass is 9.99. The highest BCUT2D eigenvalue weighted by Gasteiger charge is 2.34. The third kappa shape index (κ3) is 6.70. The number of nitrogens with zero attached hydrogens (tertiary/aromatic N) is 2. The highest BCUT2D eigenvalue weighted by atomic mass is 16.5. The van der Waals surface area contributed by atoms with Gasteiger partial charge in [0.05, 0.1) is 23.9 Å². The Bertz CT molecular complexity index is 1220. The van der Waals surface area contributed by atoms with Gasteiger partial charge in [-0.25, -0.2) is 4.79 Å². The second-order valence-electron chi connectivity index (χ2n) is 9.93. The van der Waals surface area contributed by atoms with Crippen LogP contribution >= 0.6 is 0 Å². The summed E-state index contributed by atoms with van der Waals surface area (Å²) in [5, 5.41) is 15.6. The first-order valence-corrected chi connectivity index (χ1v) is 12.9. The highest BCUT2D eigenvalue weighted by Crippen LogP contribution is 2.35. The second kappa shape index (κ2) is 12.6. The summed E-state index contributed by atoms with van der Waals surface area (Å²) in [5.74, 6) is 0.0580. The quantitative estimate of drug-likeness (QED) is 0.404. The summed E-state index contributed by atoms with van der Waals surface area (Å²) >= 11 is 0. The summed E-state index contributed by atoms with van der Waals surface area (Å²) in [6.07, 6.45) is -0.274. The Kier molecular flexibility index (Phi) is 8.99. The van der Waals surface area contributed by atoms with Crippen LogP contribution in [-0.4, -0.2) is 65.7 Å². The van der Waals surface area contributed by atoms with Crippen LogP contribution in [0.5, 0.6) is 5.75 Å². The fourth-order valence-electron chi connectivity index (χ4n) is 4.63. The molecule has 1 aliphatic heterocycles. The average Bonchev–Trinajstić information content (AvgIpc) is 2.91. The molecule has 0 bridgehead atoms. The molecule has 3 aromatic rings. The number of fused-ring (bicyclic) bond motifs is 1. The van der Waals surface area contributed by atoms with Gasteiger partial charge in [0.1, 0.15) is 6.10 Å². The first-order valence-electron chi connectivity index (χ1n) is 12.9. The monoisotopic (exact) mass is 516 g/mol. The number of nitrogens with one attached hydrogen (secondary N) is 2. The van der Waals surface area contributed by atoms with Crippen LogP contribution in [0.2, 0.25) is 0 Å². The van der Waals surface area contributed by atoms with Crippen molar-refractivity contribution in [3.8, 4) is 5.75 Å². The maximum absolute atomic E-state index is 13.6. The topological polar surface area (TPSA) is 94.1 Å². The van der Waals surface area contributed by atoms with Crippen LogP contribution in [0.25, 0.3) is 0 Å². The van der Waals surface area contributed by atoms with E-state index >= 15 is 0 Å². The van der Waals surface area contributed by atoms with Crippen LogP contribution in [-0.2, 0) is 6.54 Å². The average molecular weight is 517 g/mol. The lowest BCUT2D eigenvalue weighted by Gasteiger charge is -2.38. The minimum Gasteiger partial charge on any atom is -0.486 e. The fourth-order valence-corrected chi connectivity index (χ4v) is 4.63. The SMILES string of the molecule is C[C@H]1CN([C@@H](C)CO)C(=O)c2cccc(NC(=O)Nc3ccccc3)c2O[C@H]1CN(C)Cc1ccccc1. The third-order valence-corrected chi connectivity index (χ3v) is 6.76. The van der Waals surface area contributed by atoms with Crippen LogP contribution in [0.3, 0.4) is 0 Å². The maximum Gasteiger partial charge on any atom is 0.323 e. The molecule has 1 heterocycles. The molecule has 0 saturated heterocycles. The molecule has 4 rings (SSSR count). The van der Waals surface area contributed by atoms with Crippen molar-refractivity contribution in [2.45, 2.75) is 32.5 Å². The normalized spacial score (nSPS) is 18.1. The summed E-state index contributed by atoms with van der Waals surface area (Å²) in [5.41, 5.74) is 2.61. The van der Waals surface area contributed by atoms with E-state index in [4.69, 9.17) is 4.74 Å². The number of benzene rings is 3. The molecule has 38 heavy (non-hydrogen) atoms. The lowest BCUT2D eigenvalue weighted by molar-refractivity contribution is 0.0343. The number of urea groups is 1. The van der Waals surface area contributed by atoms with Gasteiger partial charge in [-0.2, -0.15) is 0 Å². The minimum absolute atomic E-state index is 0.0366. The number of ether oxygens (including phenoxy) is 1. The Balaban J connectivity index is 1.63. The number of para-hydroxylation sites is 2. The molecular weight excluding hydrogens is 480 g/mol. The van der Waals surface area contributed by atoms with E-state index in [1.54, 1.807) is 35.2 Å². The van der Waals surface area contributed by atoms with Crippen molar-refractivity contribution in [3.63, 3.8) is 0 Å². The number of aliphatic hydroxyl groups is 1. The van der Waals surface area contributed by atoms with Crippen LogP contribution < -0.4 is 15.4 Å². The van der Waals surface area contributed by atoms with Crippen molar-refractivity contribution in [3.05, 3.63) is 90.0 Å². The van der Waals surface area contributed by atoms with Gasteiger partial charge in [-0.1, -0.05) is 61.5 Å². The van der Waals surface area contributed by atoms with Gasteiger partial charge in [0.25, 0.3) is 5.91 Å². The van der Waals surface area contributed by atoms with E-state index in [1.807, 2.05) is 50.4 Å². The molecule has 3 aromatic carbocycles. The Morgan fingerprint density at radius 3 is 2.42 bits per heavy atom. The molecular formula is C30H36N4O4. The van der Waals surface area contributed by atoms with Gasteiger partial charge < -0.3 is 25.4 Å². The lowest BCUT2D eigenvalue weighted by Crippen LogP contribution is -2.49. The molecule has 0 saturated carbocycles. The summed E-state index contributed by atoms with van der Waals surface area (Å²) in [7, 11) is 2.04. The Morgan fingerprint density at radius 1 is 1.05 bits per heavy atom. The number of hydrogen-bond donors (Lipinski definition) is 3. The first-order chi connectivity index (χ1) is 18.4. The fraction of sp³-hybridized carbons (Fsp3) is 0.333. The molecule has 3 atom stereocenters. The van der Waals surface area contributed by atoms with E-state index in [0.29, 0.717) is 35.8 Å². The van der Waals surface area contributed by atoms with Crippen molar-refractivity contribution in [2.75, 3.05) is 37.4 Å². The number of rotatable bonds is 8. The van der Waals surface area contributed by atoms with Crippen molar-refractivity contribution in [1.29, 1.82) is 0 Å². The van der Waals surface area contributed by atoms with E-state index in [-0.39, 0.29) is 30.6 Å². The molecule has 200 valence electrons. The molecule has 0 fully saturated rings. The van der Waals surface area contributed by atoms with E-state index in [9.17, 15) is 14.7 Å². The summed E-state index contributed by atoms with van der Waals surface area (Å²) in [4.78, 5) is 30.4. The van der Waals surface area contributed by atoms with E-state index in [0.717, 1.165) is 6.54 Å². The van der Waals surface area contributed by atoms with Gasteiger partial charge in [0, 0.05) is 31.2 Å². The molecule has 0 spiro atoms. The molecule has 8 heteroatoms. The number of likely N-dealkylation sites (N-methyl/N-ethyl adjacent to an activating group) is 1. The first kappa shape index (κ1) is 27.2. The maximum atomic E-state index is 13.6. The van der Waals surface area contributed by atoms with Crippen molar-refractivity contribution in [2.24, 2.45) is 5.92 Å².